The highest BCUT2D eigenvalue weighted by atomic mass is 35.5. The summed E-state index contributed by atoms with van der Waals surface area (Å²) in [5.74, 6) is 1.16. The van der Waals surface area contributed by atoms with Gasteiger partial charge in [0.15, 0.2) is 5.82 Å². The van der Waals surface area contributed by atoms with Crippen LogP contribution in [0.25, 0.3) is 11.1 Å². The van der Waals surface area contributed by atoms with Crippen molar-refractivity contribution in [2.24, 2.45) is 0 Å². The van der Waals surface area contributed by atoms with E-state index in [9.17, 15) is 0 Å². The van der Waals surface area contributed by atoms with E-state index in [1.54, 1.807) is 18.2 Å². The molecule has 0 atom stereocenters. The summed E-state index contributed by atoms with van der Waals surface area (Å²) >= 11 is 12.3. The number of benzene rings is 1. The van der Waals surface area contributed by atoms with Gasteiger partial charge in [0, 0.05) is 11.5 Å². The summed E-state index contributed by atoms with van der Waals surface area (Å²) < 4.78 is 5.23. The zero-order chi connectivity index (χ0) is 12.6. The number of anilines is 1. The second kappa shape index (κ2) is 4.59. The smallest absolute Gasteiger partial charge is 0.175 e. The van der Waals surface area contributed by atoms with Crippen LogP contribution in [0.1, 0.15) is 25.5 Å². The minimum atomic E-state index is 0.155. The van der Waals surface area contributed by atoms with Gasteiger partial charge in [-0.3, -0.25) is 0 Å². The van der Waals surface area contributed by atoms with Gasteiger partial charge in [-0.1, -0.05) is 48.3 Å². The largest absolute Gasteiger partial charge is 0.380 e. The number of nitrogen functional groups attached to an aromatic ring is 1. The van der Waals surface area contributed by atoms with Crippen LogP contribution in [0.4, 0.5) is 5.82 Å². The van der Waals surface area contributed by atoms with Crippen molar-refractivity contribution in [3.63, 3.8) is 0 Å². The first-order chi connectivity index (χ1) is 8.02. The Morgan fingerprint density at radius 3 is 2.29 bits per heavy atom. The third-order valence-corrected chi connectivity index (χ3v) is 3.11. The summed E-state index contributed by atoms with van der Waals surface area (Å²) in [6.45, 7) is 3.99. The number of rotatable bonds is 2. The zero-order valence-corrected chi connectivity index (χ0v) is 11.0. The van der Waals surface area contributed by atoms with Gasteiger partial charge in [0.2, 0.25) is 0 Å². The van der Waals surface area contributed by atoms with Gasteiger partial charge in [-0.2, -0.15) is 0 Å². The minimum Gasteiger partial charge on any atom is -0.380 e. The van der Waals surface area contributed by atoms with E-state index >= 15 is 0 Å². The molecule has 0 aliphatic heterocycles. The molecule has 0 saturated carbocycles. The first-order valence-electron chi connectivity index (χ1n) is 5.21. The molecule has 2 rings (SSSR count). The molecule has 0 aliphatic carbocycles. The molecule has 0 spiro atoms. The van der Waals surface area contributed by atoms with Crippen molar-refractivity contribution in [3.05, 3.63) is 34.0 Å². The van der Waals surface area contributed by atoms with E-state index in [2.05, 4.69) is 5.16 Å². The molecule has 1 aromatic carbocycles. The molecule has 2 N–H and O–H groups in total. The van der Waals surface area contributed by atoms with E-state index in [1.165, 1.54) is 0 Å². The minimum absolute atomic E-state index is 0.155. The van der Waals surface area contributed by atoms with Crippen molar-refractivity contribution in [2.45, 2.75) is 19.8 Å². The topological polar surface area (TPSA) is 52.0 Å². The van der Waals surface area contributed by atoms with Crippen LogP contribution in [0, 0.1) is 0 Å². The quantitative estimate of drug-likeness (QED) is 0.883. The number of aromatic nitrogens is 1. The Hall–Kier alpha value is -1.19. The van der Waals surface area contributed by atoms with Crippen molar-refractivity contribution in [1.29, 1.82) is 0 Å². The summed E-state index contributed by atoms with van der Waals surface area (Å²) in [5, 5.41) is 4.85. The van der Waals surface area contributed by atoms with Crippen molar-refractivity contribution in [3.8, 4) is 11.1 Å². The lowest BCUT2D eigenvalue weighted by Gasteiger charge is -2.08. The van der Waals surface area contributed by atoms with Gasteiger partial charge in [0.1, 0.15) is 5.76 Å². The third-order valence-electron chi connectivity index (χ3n) is 2.48. The molecule has 0 unspecified atom stereocenters. The van der Waals surface area contributed by atoms with Crippen LogP contribution in [0.5, 0.6) is 0 Å². The Labute approximate surface area is 109 Å². The van der Waals surface area contributed by atoms with Crippen LogP contribution in [-0.2, 0) is 0 Å². The standard InChI is InChI=1S/C12H12Cl2N2O/c1-6(2)11-10(12(15)16-17-11)9-7(13)4-3-5-8(9)14/h3-6H,1-2H3,(H2,15,16). The molecular formula is C12H12Cl2N2O. The molecule has 1 heterocycles. The molecule has 17 heavy (non-hydrogen) atoms. The zero-order valence-electron chi connectivity index (χ0n) is 9.50. The molecular weight excluding hydrogens is 259 g/mol. The fraction of sp³-hybridized carbons (Fsp3) is 0.250. The Morgan fingerprint density at radius 2 is 1.76 bits per heavy atom. The molecule has 0 radical (unpaired) electrons. The Bertz CT molecular complexity index is 529. The molecule has 5 heteroatoms. The lowest BCUT2D eigenvalue weighted by Crippen LogP contribution is -1.93. The number of hydrogen-bond acceptors (Lipinski definition) is 3. The predicted molar refractivity (Wildman–Crippen MR) is 70.5 cm³/mol. The summed E-state index contributed by atoms with van der Waals surface area (Å²) in [6, 6.07) is 5.31. The van der Waals surface area contributed by atoms with Crippen molar-refractivity contribution in [1.82, 2.24) is 5.16 Å². The van der Waals surface area contributed by atoms with Crippen LogP contribution >= 0.6 is 23.2 Å². The van der Waals surface area contributed by atoms with E-state index in [-0.39, 0.29) is 5.92 Å². The summed E-state index contributed by atoms with van der Waals surface area (Å²) in [5.41, 5.74) is 7.20. The SMILES string of the molecule is CC(C)c1onc(N)c1-c1c(Cl)cccc1Cl. The normalized spacial score (nSPS) is 11.1. The van der Waals surface area contributed by atoms with E-state index in [4.69, 9.17) is 33.5 Å². The molecule has 0 bridgehead atoms. The Kier molecular flexibility index (Phi) is 3.31. The van der Waals surface area contributed by atoms with Crippen molar-refractivity contribution in [2.75, 3.05) is 5.73 Å². The highest BCUT2D eigenvalue weighted by Gasteiger charge is 2.22. The van der Waals surface area contributed by atoms with Gasteiger partial charge in [0.25, 0.3) is 0 Å². The summed E-state index contributed by atoms with van der Waals surface area (Å²) in [6.07, 6.45) is 0. The number of nitrogens with two attached hydrogens (primary N) is 1. The maximum Gasteiger partial charge on any atom is 0.175 e. The first-order valence-corrected chi connectivity index (χ1v) is 5.97. The van der Waals surface area contributed by atoms with E-state index in [0.717, 1.165) is 0 Å². The molecule has 2 aromatic rings. The number of hydrogen-bond donors (Lipinski definition) is 1. The fourth-order valence-corrected chi connectivity index (χ4v) is 2.28. The van der Waals surface area contributed by atoms with Crippen LogP contribution < -0.4 is 5.73 Å². The van der Waals surface area contributed by atoms with E-state index in [1.807, 2.05) is 13.8 Å². The van der Waals surface area contributed by atoms with Gasteiger partial charge >= 0.3 is 0 Å². The van der Waals surface area contributed by atoms with Gasteiger partial charge in [0.05, 0.1) is 15.6 Å². The third kappa shape index (κ3) is 2.13. The summed E-state index contributed by atoms with van der Waals surface area (Å²) in [4.78, 5) is 0. The van der Waals surface area contributed by atoms with Gasteiger partial charge < -0.3 is 10.3 Å². The highest BCUT2D eigenvalue weighted by molar-refractivity contribution is 6.39. The van der Waals surface area contributed by atoms with Crippen LogP contribution in [0.2, 0.25) is 10.0 Å². The van der Waals surface area contributed by atoms with Crippen molar-refractivity contribution < 1.29 is 4.52 Å². The molecule has 0 aliphatic rings. The van der Waals surface area contributed by atoms with Crippen molar-refractivity contribution >= 4 is 29.0 Å². The van der Waals surface area contributed by atoms with Crippen LogP contribution in [0.15, 0.2) is 22.7 Å². The molecule has 0 saturated heterocycles. The number of nitrogens with zero attached hydrogens (tertiary/aromatic N) is 1. The second-order valence-electron chi connectivity index (χ2n) is 4.06. The number of halogens is 2. The highest BCUT2D eigenvalue weighted by Crippen LogP contribution is 2.41. The van der Waals surface area contributed by atoms with E-state index < -0.39 is 0 Å². The molecule has 90 valence electrons. The Morgan fingerprint density at radius 1 is 1.18 bits per heavy atom. The van der Waals surface area contributed by atoms with Crippen LogP contribution in [-0.4, -0.2) is 5.16 Å². The summed E-state index contributed by atoms with van der Waals surface area (Å²) in [7, 11) is 0. The van der Waals surface area contributed by atoms with Gasteiger partial charge in [-0.05, 0) is 12.1 Å². The molecule has 0 amide bonds. The Balaban J connectivity index is 2.72. The van der Waals surface area contributed by atoms with Gasteiger partial charge in [-0.25, -0.2) is 0 Å². The lowest BCUT2D eigenvalue weighted by molar-refractivity contribution is 0.374. The maximum absolute atomic E-state index is 6.16. The monoisotopic (exact) mass is 270 g/mol. The average Bonchev–Trinajstić information content (AvgIpc) is 2.61. The van der Waals surface area contributed by atoms with E-state index in [0.29, 0.717) is 32.8 Å². The second-order valence-corrected chi connectivity index (χ2v) is 4.87. The predicted octanol–water partition coefficient (Wildman–Crippen LogP) is 4.35. The molecule has 0 fully saturated rings. The molecule has 3 nitrogen and oxygen atoms in total. The maximum atomic E-state index is 6.16. The lowest BCUT2D eigenvalue weighted by atomic mass is 10.00. The average molecular weight is 271 g/mol. The van der Waals surface area contributed by atoms with Gasteiger partial charge in [-0.15, -0.1) is 0 Å². The molecule has 1 aromatic heterocycles. The van der Waals surface area contributed by atoms with Crippen LogP contribution in [0.3, 0.4) is 0 Å². The first kappa shape index (κ1) is 12.3. The fourth-order valence-electron chi connectivity index (χ4n) is 1.70.